The molecule has 0 radical (unpaired) electrons. The average molecular weight is 345 g/mol. The fourth-order valence-corrected chi connectivity index (χ4v) is 4.93. The van der Waals surface area contributed by atoms with E-state index in [0.717, 1.165) is 0 Å². The molecule has 90 valence electrons. The highest BCUT2D eigenvalue weighted by atomic mass is 35.5. The van der Waals surface area contributed by atoms with E-state index in [4.69, 9.17) is 74.7 Å². The third-order valence-corrected chi connectivity index (χ3v) is 7.36. The maximum absolute atomic E-state index is 11.1. The van der Waals surface area contributed by atoms with Crippen LogP contribution in [0.25, 0.3) is 0 Å². The van der Waals surface area contributed by atoms with Gasteiger partial charge in [-0.05, 0) is 6.42 Å². The summed E-state index contributed by atoms with van der Waals surface area (Å²) in [5.41, 5.74) is 0. The normalized spacial score (nSPS) is 45.2. The number of rotatable bonds is 1. The largest absolute Gasteiger partial charge is 0.481 e. The summed E-state index contributed by atoms with van der Waals surface area (Å²) in [5.74, 6) is -2.23. The molecule has 1 N–H and O–H groups in total. The zero-order valence-corrected chi connectivity index (χ0v) is 11.9. The van der Waals surface area contributed by atoms with Crippen LogP contribution in [0.15, 0.2) is 10.1 Å². The van der Waals surface area contributed by atoms with E-state index in [1.165, 1.54) is 0 Å². The molecule has 0 aromatic rings. The molecule has 0 amide bonds. The predicted molar refractivity (Wildman–Crippen MR) is 66.1 cm³/mol. The van der Waals surface area contributed by atoms with E-state index >= 15 is 0 Å². The Balaban J connectivity index is 2.69. The maximum Gasteiger partial charge on any atom is 0.308 e. The van der Waals surface area contributed by atoms with Gasteiger partial charge in [-0.1, -0.05) is 46.4 Å². The summed E-state index contributed by atoms with van der Waals surface area (Å²) in [4.78, 5) is 7.97. The molecule has 0 aromatic heterocycles. The van der Waals surface area contributed by atoms with E-state index < -0.39 is 26.0 Å². The minimum Gasteiger partial charge on any atom is -0.481 e. The summed E-state index contributed by atoms with van der Waals surface area (Å²) < 4.78 is -1.75. The Kier molecular flexibility index (Phi) is 2.92. The van der Waals surface area contributed by atoms with Gasteiger partial charge < -0.3 is 5.11 Å². The molecule has 2 nitrogen and oxygen atoms in total. The predicted octanol–water partition coefficient (Wildman–Crippen LogP) is 3.92. The van der Waals surface area contributed by atoms with Crippen LogP contribution in [0.4, 0.5) is 0 Å². The molecule has 1 fully saturated rings. The number of carboxylic acid groups (broad SMARTS) is 1. The van der Waals surface area contributed by atoms with E-state index in [2.05, 4.69) is 0 Å². The zero-order valence-electron chi connectivity index (χ0n) is 7.41. The molecule has 0 saturated heterocycles. The molecule has 0 spiro atoms. The van der Waals surface area contributed by atoms with Crippen molar-refractivity contribution in [2.75, 3.05) is 0 Å². The van der Waals surface area contributed by atoms with Crippen LogP contribution in [0, 0.1) is 5.92 Å². The van der Waals surface area contributed by atoms with Crippen molar-refractivity contribution in [2.24, 2.45) is 5.92 Å². The van der Waals surface area contributed by atoms with Gasteiger partial charge in [0.05, 0.1) is 16.0 Å². The highest BCUT2D eigenvalue weighted by Gasteiger charge is 2.79. The van der Waals surface area contributed by atoms with Gasteiger partial charge in [-0.15, -0.1) is 23.2 Å². The molecule has 1 saturated carbocycles. The maximum atomic E-state index is 11.1. The summed E-state index contributed by atoms with van der Waals surface area (Å²) >= 11 is 36.3. The first-order chi connectivity index (χ1) is 7.10. The molecule has 3 atom stereocenters. The highest BCUT2D eigenvalue weighted by molar-refractivity contribution is 6.65. The molecule has 2 aliphatic carbocycles. The van der Waals surface area contributed by atoms with Crippen molar-refractivity contribution in [3.8, 4) is 0 Å². The number of fused-ring (bicyclic) bond motifs is 2. The molecule has 16 heavy (non-hydrogen) atoms. The molecular weight excluding hydrogens is 341 g/mol. The zero-order chi connectivity index (χ0) is 12.5. The SMILES string of the molecule is O=C(O)[C@@H]1C[C@]2(Cl)C(Cl)=C(Cl)[C@@]1(Cl)C2(Cl)Cl. The van der Waals surface area contributed by atoms with Crippen molar-refractivity contribution < 1.29 is 9.90 Å². The van der Waals surface area contributed by atoms with Crippen LogP contribution in [0.5, 0.6) is 0 Å². The second-order valence-electron chi connectivity index (χ2n) is 3.81. The summed E-state index contributed by atoms with van der Waals surface area (Å²) in [6, 6.07) is 0. The fourth-order valence-electron chi connectivity index (χ4n) is 2.17. The summed E-state index contributed by atoms with van der Waals surface area (Å²) in [7, 11) is 0. The molecule has 0 heterocycles. The van der Waals surface area contributed by atoms with Gasteiger partial charge in [0.25, 0.3) is 0 Å². The number of hydrogen-bond acceptors (Lipinski definition) is 1. The van der Waals surface area contributed by atoms with Gasteiger partial charge in [0.15, 0.2) is 4.33 Å². The van der Waals surface area contributed by atoms with Gasteiger partial charge in [0.1, 0.15) is 9.75 Å². The fraction of sp³-hybridized carbons (Fsp3) is 0.625. The van der Waals surface area contributed by atoms with Gasteiger partial charge in [0.2, 0.25) is 0 Å². The summed E-state index contributed by atoms with van der Waals surface area (Å²) in [6.45, 7) is 0. The van der Waals surface area contributed by atoms with Crippen LogP contribution in [0.2, 0.25) is 0 Å². The number of allylic oxidation sites excluding steroid dienone is 2. The number of hydrogen-bond donors (Lipinski definition) is 1. The number of carboxylic acids is 1. The Morgan fingerprint density at radius 2 is 1.69 bits per heavy atom. The first-order valence-corrected chi connectivity index (χ1v) is 6.42. The van der Waals surface area contributed by atoms with Gasteiger partial charge in [-0.3, -0.25) is 4.79 Å². The summed E-state index contributed by atoms with van der Waals surface area (Å²) in [6.07, 6.45) is -0.0601. The molecule has 2 rings (SSSR count). The number of carbonyl (C=O) groups is 1. The third-order valence-electron chi connectivity index (χ3n) is 3.08. The van der Waals surface area contributed by atoms with Crippen LogP contribution < -0.4 is 0 Å². The van der Waals surface area contributed by atoms with Crippen LogP contribution >= 0.6 is 69.6 Å². The van der Waals surface area contributed by atoms with E-state index in [-0.39, 0.29) is 16.5 Å². The van der Waals surface area contributed by atoms with Crippen LogP contribution in [0.3, 0.4) is 0 Å². The van der Waals surface area contributed by atoms with Crippen LogP contribution in [0.1, 0.15) is 6.42 Å². The lowest BCUT2D eigenvalue weighted by atomic mass is 9.92. The second-order valence-corrected chi connectivity index (χ2v) is 7.13. The molecule has 0 aromatic carbocycles. The van der Waals surface area contributed by atoms with Gasteiger partial charge in [-0.2, -0.15) is 0 Å². The van der Waals surface area contributed by atoms with Crippen LogP contribution in [-0.2, 0) is 4.79 Å². The first-order valence-electron chi connectivity index (χ1n) is 4.15. The molecular formula is C8H4Cl6O2. The number of aliphatic carboxylic acids is 1. The monoisotopic (exact) mass is 342 g/mol. The molecule has 2 bridgehead atoms. The highest BCUT2D eigenvalue weighted by Crippen LogP contribution is 2.74. The third kappa shape index (κ3) is 1.17. The Hall–Kier alpha value is 0.950. The minimum atomic E-state index is -1.75. The quantitative estimate of drug-likeness (QED) is 0.732. The van der Waals surface area contributed by atoms with Crippen molar-refractivity contribution in [1.82, 2.24) is 0 Å². The van der Waals surface area contributed by atoms with E-state index in [1.807, 2.05) is 0 Å². The topological polar surface area (TPSA) is 37.3 Å². The molecule has 0 aliphatic heterocycles. The number of alkyl halides is 4. The second kappa shape index (κ2) is 3.49. The van der Waals surface area contributed by atoms with Gasteiger partial charge in [-0.25, -0.2) is 0 Å². The van der Waals surface area contributed by atoms with Crippen molar-refractivity contribution in [3.05, 3.63) is 10.1 Å². The average Bonchev–Trinajstić information content (AvgIpc) is 2.39. The molecule has 0 unspecified atom stereocenters. The Morgan fingerprint density at radius 3 is 2.00 bits per heavy atom. The van der Waals surface area contributed by atoms with Crippen molar-refractivity contribution >= 4 is 75.6 Å². The Labute approximate surface area is 121 Å². The Bertz CT molecular complexity index is 419. The molecule has 8 heteroatoms. The lowest BCUT2D eigenvalue weighted by molar-refractivity contribution is -0.142. The van der Waals surface area contributed by atoms with Crippen LogP contribution in [-0.4, -0.2) is 25.2 Å². The molecule has 2 aliphatic rings. The van der Waals surface area contributed by atoms with Gasteiger partial charge >= 0.3 is 5.97 Å². The summed E-state index contributed by atoms with van der Waals surface area (Å²) in [5, 5.41) is 9.00. The Morgan fingerprint density at radius 1 is 1.19 bits per heavy atom. The van der Waals surface area contributed by atoms with E-state index in [9.17, 15) is 4.79 Å². The van der Waals surface area contributed by atoms with E-state index in [0.29, 0.717) is 0 Å². The number of halogens is 6. The minimum absolute atomic E-state index is 0.0216. The lowest BCUT2D eigenvalue weighted by Crippen LogP contribution is -2.45. The van der Waals surface area contributed by atoms with Crippen molar-refractivity contribution in [2.45, 2.75) is 20.5 Å². The van der Waals surface area contributed by atoms with Gasteiger partial charge in [0, 0.05) is 0 Å². The van der Waals surface area contributed by atoms with Crippen molar-refractivity contribution in [3.63, 3.8) is 0 Å². The lowest BCUT2D eigenvalue weighted by Gasteiger charge is -2.32. The smallest absolute Gasteiger partial charge is 0.308 e. The first kappa shape index (κ1) is 13.4. The van der Waals surface area contributed by atoms with Crippen molar-refractivity contribution in [1.29, 1.82) is 0 Å². The van der Waals surface area contributed by atoms with E-state index in [1.54, 1.807) is 0 Å². The standard InChI is InChI=1S/C8H4Cl6O2/c9-3-4(10)7(12)2(5(15)16)1-6(3,11)8(7,13)14/h2H,1H2,(H,15,16)/t2-,6-,7+/m0/s1.